The first-order valence-electron chi connectivity index (χ1n) is 6.20. The fraction of sp³-hybridized carbons (Fsp3) is 0.125. The van der Waals surface area contributed by atoms with E-state index in [2.05, 4.69) is 4.36 Å². The normalized spacial score (nSPS) is 21.3. The zero-order valence-corrected chi connectivity index (χ0v) is 11.8. The van der Waals surface area contributed by atoms with Crippen LogP contribution in [0.3, 0.4) is 0 Å². The predicted octanol–water partition coefficient (Wildman–Crippen LogP) is 4.53. The van der Waals surface area contributed by atoms with Crippen LogP contribution in [0.1, 0.15) is 18.1 Å². The maximum Gasteiger partial charge on any atom is 0.102 e. The Hall–Kier alpha value is -1.87. The Morgan fingerprint density at radius 2 is 1.63 bits per heavy atom. The van der Waals surface area contributed by atoms with Crippen LogP contribution in [0, 0.1) is 6.92 Å². The zero-order chi connectivity index (χ0) is 13.5. The number of allylic oxidation sites excluding steroid dienone is 1. The molecule has 2 aromatic carbocycles. The van der Waals surface area contributed by atoms with E-state index in [9.17, 15) is 4.21 Å². The van der Waals surface area contributed by atoms with Gasteiger partial charge >= 0.3 is 0 Å². The van der Waals surface area contributed by atoms with Gasteiger partial charge in [-0.1, -0.05) is 35.9 Å². The van der Waals surface area contributed by atoms with Gasteiger partial charge in [-0.05, 0) is 37.6 Å². The van der Waals surface area contributed by atoms with Crippen LogP contribution in [0.4, 0.5) is 5.69 Å². The molecule has 1 atom stereocenters. The highest BCUT2D eigenvalue weighted by molar-refractivity contribution is 7.96. The molecule has 0 radical (unpaired) electrons. The number of nitrogens with zero attached hydrogens (tertiary/aromatic N) is 1. The molecule has 0 spiro atoms. The van der Waals surface area contributed by atoms with Gasteiger partial charge in [0.05, 0.1) is 10.6 Å². The van der Waals surface area contributed by atoms with Crippen LogP contribution in [0.15, 0.2) is 63.2 Å². The third-order valence-electron chi connectivity index (χ3n) is 3.26. The second kappa shape index (κ2) is 4.35. The van der Waals surface area contributed by atoms with E-state index >= 15 is 0 Å². The van der Waals surface area contributed by atoms with E-state index in [1.54, 1.807) is 5.41 Å². The Morgan fingerprint density at radius 1 is 0.947 bits per heavy atom. The molecule has 0 amide bonds. The van der Waals surface area contributed by atoms with E-state index in [0.717, 1.165) is 27.3 Å². The summed E-state index contributed by atoms with van der Waals surface area (Å²) in [6.07, 6.45) is 0. The van der Waals surface area contributed by atoms with Crippen molar-refractivity contribution < 1.29 is 4.21 Å². The first-order chi connectivity index (χ1) is 9.08. The average Bonchev–Trinajstić information content (AvgIpc) is 2.39. The summed E-state index contributed by atoms with van der Waals surface area (Å²) < 4.78 is 17.5. The molecule has 0 saturated carbocycles. The summed E-state index contributed by atoms with van der Waals surface area (Å²) in [5.41, 5.74) is 4.06. The third-order valence-corrected chi connectivity index (χ3v) is 5.35. The minimum Gasteiger partial charge on any atom is -0.240 e. The van der Waals surface area contributed by atoms with E-state index in [1.165, 1.54) is 0 Å². The van der Waals surface area contributed by atoms with Crippen LogP contribution in [0.25, 0.3) is 5.57 Å². The number of rotatable bonds is 1. The van der Waals surface area contributed by atoms with Gasteiger partial charge in [0, 0.05) is 11.0 Å². The van der Waals surface area contributed by atoms with Crippen molar-refractivity contribution in [2.75, 3.05) is 0 Å². The summed E-state index contributed by atoms with van der Waals surface area (Å²) in [7, 11) is -2.49. The summed E-state index contributed by atoms with van der Waals surface area (Å²) in [6.45, 7) is 4.01. The number of hydrogen-bond acceptors (Lipinski definition) is 2. The Balaban J connectivity index is 2.25. The number of benzene rings is 2. The maximum absolute atomic E-state index is 13.0. The summed E-state index contributed by atoms with van der Waals surface area (Å²) in [4.78, 5) is 0.770. The lowest BCUT2D eigenvalue weighted by Gasteiger charge is -2.16. The van der Waals surface area contributed by atoms with Crippen LogP contribution in [-0.2, 0) is 9.73 Å². The van der Waals surface area contributed by atoms with Gasteiger partial charge in [0.25, 0.3) is 0 Å². The first-order valence-corrected chi connectivity index (χ1v) is 7.78. The van der Waals surface area contributed by atoms with Crippen molar-refractivity contribution in [1.82, 2.24) is 0 Å². The molecule has 1 heterocycles. The Labute approximate surface area is 114 Å². The Bertz CT molecular complexity index is 779. The molecule has 0 bridgehead atoms. The number of aryl methyl sites for hydroxylation is 1. The topological polar surface area (TPSA) is 29.4 Å². The second-order valence-corrected chi connectivity index (χ2v) is 6.82. The van der Waals surface area contributed by atoms with E-state index in [0.29, 0.717) is 0 Å². The minimum atomic E-state index is -2.49. The van der Waals surface area contributed by atoms with Crippen LogP contribution in [0.2, 0.25) is 0 Å². The van der Waals surface area contributed by atoms with Crippen molar-refractivity contribution in [2.24, 2.45) is 4.36 Å². The summed E-state index contributed by atoms with van der Waals surface area (Å²) in [6, 6.07) is 15.6. The van der Waals surface area contributed by atoms with Crippen LogP contribution in [0.5, 0.6) is 0 Å². The van der Waals surface area contributed by atoms with E-state index in [1.807, 2.05) is 62.4 Å². The van der Waals surface area contributed by atoms with Gasteiger partial charge in [-0.2, -0.15) is 4.36 Å². The van der Waals surface area contributed by atoms with Crippen molar-refractivity contribution in [3.05, 3.63) is 65.1 Å². The van der Waals surface area contributed by atoms with E-state index in [-0.39, 0.29) is 0 Å². The molecule has 1 aliphatic rings. The van der Waals surface area contributed by atoms with Crippen molar-refractivity contribution >= 4 is 21.0 Å². The summed E-state index contributed by atoms with van der Waals surface area (Å²) in [5, 5.41) is 1.79. The van der Waals surface area contributed by atoms with Crippen molar-refractivity contribution in [3.63, 3.8) is 0 Å². The van der Waals surface area contributed by atoms with E-state index < -0.39 is 9.73 Å². The molecule has 96 valence electrons. The predicted molar refractivity (Wildman–Crippen MR) is 79.8 cm³/mol. The minimum absolute atomic E-state index is 0.770. The molecule has 1 aliphatic heterocycles. The van der Waals surface area contributed by atoms with Gasteiger partial charge < -0.3 is 0 Å². The molecule has 2 aromatic rings. The number of fused-ring (bicyclic) bond motifs is 1. The molecule has 3 rings (SSSR count). The van der Waals surface area contributed by atoms with Gasteiger partial charge in [0.2, 0.25) is 0 Å². The van der Waals surface area contributed by atoms with Gasteiger partial charge in [-0.15, -0.1) is 0 Å². The molecule has 1 unspecified atom stereocenters. The van der Waals surface area contributed by atoms with Crippen LogP contribution in [-0.4, -0.2) is 4.21 Å². The monoisotopic (exact) mass is 269 g/mol. The third kappa shape index (κ3) is 2.10. The molecule has 0 aliphatic carbocycles. The lowest BCUT2D eigenvalue weighted by molar-refractivity contribution is 0.682. The smallest absolute Gasteiger partial charge is 0.102 e. The quantitative estimate of drug-likeness (QED) is 0.748. The van der Waals surface area contributed by atoms with Gasteiger partial charge in [-0.25, -0.2) is 4.21 Å². The first kappa shape index (κ1) is 12.2. The lowest BCUT2D eigenvalue weighted by Crippen LogP contribution is -2.01. The van der Waals surface area contributed by atoms with Gasteiger partial charge in [-0.3, -0.25) is 0 Å². The molecule has 0 saturated heterocycles. The molecule has 0 fully saturated rings. The second-order valence-electron chi connectivity index (χ2n) is 4.79. The molecule has 0 N–H and O–H groups in total. The Morgan fingerprint density at radius 3 is 2.37 bits per heavy atom. The standard InChI is InChI=1S/C16H15NOS/c1-12-7-9-14(10-8-12)19(18)11-13(2)15-5-3-4-6-16(15)17-19/h3-11H,1-2H3. The zero-order valence-electron chi connectivity index (χ0n) is 11.0. The fourth-order valence-corrected chi connectivity index (χ4v) is 4.09. The highest BCUT2D eigenvalue weighted by Crippen LogP contribution is 2.35. The largest absolute Gasteiger partial charge is 0.240 e. The molecule has 3 heteroatoms. The lowest BCUT2D eigenvalue weighted by atomic mass is 10.1. The molecule has 0 aromatic heterocycles. The molecule has 19 heavy (non-hydrogen) atoms. The van der Waals surface area contributed by atoms with Crippen molar-refractivity contribution in [3.8, 4) is 0 Å². The highest BCUT2D eigenvalue weighted by atomic mass is 32.2. The number of hydrogen-bond donors (Lipinski definition) is 0. The highest BCUT2D eigenvalue weighted by Gasteiger charge is 2.17. The van der Waals surface area contributed by atoms with Crippen molar-refractivity contribution in [2.45, 2.75) is 18.7 Å². The van der Waals surface area contributed by atoms with Crippen LogP contribution < -0.4 is 0 Å². The Kier molecular flexibility index (Phi) is 2.79. The maximum atomic E-state index is 13.0. The summed E-state index contributed by atoms with van der Waals surface area (Å²) >= 11 is 0. The van der Waals surface area contributed by atoms with Crippen LogP contribution >= 0.6 is 0 Å². The molecular weight excluding hydrogens is 254 g/mol. The fourth-order valence-electron chi connectivity index (χ4n) is 2.22. The molecule has 2 nitrogen and oxygen atoms in total. The van der Waals surface area contributed by atoms with Gasteiger partial charge in [0.1, 0.15) is 9.73 Å². The van der Waals surface area contributed by atoms with Crippen molar-refractivity contribution in [1.29, 1.82) is 0 Å². The van der Waals surface area contributed by atoms with Gasteiger partial charge in [0.15, 0.2) is 0 Å². The SMILES string of the molecule is CC1=CS(=O)(c2ccc(C)cc2)=Nc2ccccc21. The molecular formula is C16H15NOS. The van der Waals surface area contributed by atoms with E-state index in [4.69, 9.17) is 0 Å². The average molecular weight is 269 g/mol. The summed E-state index contributed by atoms with van der Waals surface area (Å²) in [5.74, 6) is 0.